The maximum absolute atomic E-state index is 4.69. The fourth-order valence-corrected chi connectivity index (χ4v) is 5.78. The first-order valence-corrected chi connectivity index (χ1v) is 15.2. The molecule has 1 aliphatic rings. The van der Waals surface area contributed by atoms with Crippen LogP contribution >= 0.6 is 0 Å². The fourth-order valence-electron chi connectivity index (χ4n) is 5.78. The summed E-state index contributed by atoms with van der Waals surface area (Å²) < 4.78 is 0. The summed E-state index contributed by atoms with van der Waals surface area (Å²) in [7, 11) is 0. The molecule has 1 aromatic heterocycles. The summed E-state index contributed by atoms with van der Waals surface area (Å²) in [6.45, 7) is 4.57. The topological polar surface area (TPSA) is 25.8 Å². The number of benzene rings is 1. The first kappa shape index (κ1) is 27.9. The molecule has 2 nitrogen and oxygen atoms in total. The van der Waals surface area contributed by atoms with Crippen molar-refractivity contribution in [3.8, 4) is 11.4 Å². The van der Waals surface area contributed by atoms with Gasteiger partial charge in [-0.1, -0.05) is 134 Å². The van der Waals surface area contributed by atoms with Gasteiger partial charge in [0, 0.05) is 18.0 Å². The molecular formula is C33H52N2. The first-order chi connectivity index (χ1) is 17.3. The maximum Gasteiger partial charge on any atom is 0.159 e. The zero-order valence-electron chi connectivity index (χ0n) is 22.9. The molecule has 1 fully saturated rings. The van der Waals surface area contributed by atoms with Crippen LogP contribution in [0.5, 0.6) is 0 Å². The highest BCUT2D eigenvalue weighted by Gasteiger charge is 2.20. The number of aromatic nitrogens is 2. The summed E-state index contributed by atoms with van der Waals surface area (Å²) in [6, 6.07) is 8.88. The molecule has 2 heteroatoms. The van der Waals surface area contributed by atoms with E-state index in [4.69, 9.17) is 9.97 Å². The van der Waals surface area contributed by atoms with Gasteiger partial charge in [0.1, 0.15) is 0 Å². The summed E-state index contributed by atoms with van der Waals surface area (Å²) in [5.74, 6) is 2.77. The number of aryl methyl sites for hydroxylation is 2. The van der Waals surface area contributed by atoms with Crippen molar-refractivity contribution in [1.82, 2.24) is 9.97 Å². The number of nitrogens with zero attached hydrogens (tertiary/aromatic N) is 2. The van der Waals surface area contributed by atoms with E-state index >= 15 is 0 Å². The predicted octanol–water partition coefficient (Wildman–Crippen LogP) is 10.1. The smallest absolute Gasteiger partial charge is 0.159 e. The molecule has 0 spiro atoms. The molecule has 1 aromatic carbocycles. The van der Waals surface area contributed by atoms with Crippen molar-refractivity contribution in [2.45, 2.75) is 136 Å². The Morgan fingerprint density at radius 3 is 1.74 bits per heavy atom. The van der Waals surface area contributed by atoms with Crippen LogP contribution in [0.4, 0.5) is 0 Å². The molecule has 0 amide bonds. The van der Waals surface area contributed by atoms with Crippen LogP contribution in [-0.4, -0.2) is 9.97 Å². The summed E-state index contributed by atoms with van der Waals surface area (Å²) in [5, 5.41) is 0. The van der Waals surface area contributed by atoms with Crippen LogP contribution in [0.15, 0.2) is 36.7 Å². The molecule has 0 saturated heterocycles. The molecule has 194 valence electrons. The Hall–Kier alpha value is -1.70. The molecule has 3 rings (SSSR count). The molecule has 0 N–H and O–H groups in total. The van der Waals surface area contributed by atoms with Gasteiger partial charge in [0.2, 0.25) is 0 Å². The third kappa shape index (κ3) is 10.8. The average molecular weight is 477 g/mol. The lowest BCUT2D eigenvalue weighted by molar-refractivity contribution is 0.248. The Kier molecular flexibility index (Phi) is 13.4. The Bertz CT molecular complexity index is 772. The van der Waals surface area contributed by atoms with Gasteiger partial charge < -0.3 is 0 Å². The molecular weight excluding hydrogens is 424 g/mol. The van der Waals surface area contributed by atoms with E-state index in [-0.39, 0.29) is 0 Å². The van der Waals surface area contributed by atoms with E-state index in [9.17, 15) is 0 Å². The van der Waals surface area contributed by atoms with Crippen LogP contribution in [0.25, 0.3) is 11.4 Å². The van der Waals surface area contributed by atoms with Crippen LogP contribution in [0, 0.1) is 11.8 Å². The lowest BCUT2D eigenvalue weighted by Gasteiger charge is -2.28. The van der Waals surface area contributed by atoms with Crippen molar-refractivity contribution in [2.24, 2.45) is 11.8 Å². The number of rotatable bonds is 17. The molecule has 0 bridgehead atoms. The second-order valence-corrected chi connectivity index (χ2v) is 11.3. The number of unbranched alkanes of at least 4 members (excludes halogenated alkanes) is 9. The number of hydrogen-bond acceptors (Lipinski definition) is 2. The second kappa shape index (κ2) is 16.9. The quantitative estimate of drug-likeness (QED) is 0.212. The minimum Gasteiger partial charge on any atom is -0.236 e. The lowest BCUT2D eigenvalue weighted by Crippen LogP contribution is -2.15. The van der Waals surface area contributed by atoms with Crippen LogP contribution < -0.4 is 0 Å². The highest BCUT2D eigenvalue weighted by Crippen LogP contribution is 2.34. The average Bonchev–Trinajstić information content (AvgIpc) is 2.91. The Labute approximate surface area is 216 Å². The van der Waals surface area contributed by atoms with Gasteiger partial charge in [0.05, 0.1) is 0 Å². The van der Waals surface area contributed by atoms with E-state index in [2.05, 4.69) is 50.5 Å². The first-order valence-electron chi connectivity index (χ1n) is 15.2. The maximum atomic E-state index is 4.69. The lowest BCUT2D eigenvalue weighted by atomic mass is 9.78. The van der Waals surface area contributed by atoms with Crippen molar-refractivity contribution in [3.05, 3.63) is 47.8 Å². The summed E-state index contributed by atoms with van der Waals surface area (Å²) in [6.07, 6.45) is 30.4. The third-order valence-electron chi connectivity index (χ3n) is 8.26. The normalized spacial score (nSPS) is 18.1. The molecule has 0 aliphatic heterocycles. The van der Waals surface area contributed by atoms with Crippen LogP contribution in [0.1, 0.15) is 134 Å². The molecule has 0 radical (unpaired) electrons. The number of hydrogen-bond donors (Lipinski definition) is 0. The van der Waals surface area contributed by atoms with Gasteiger partial charge in [0.25, 0.3) is 0 Å². The Balaban J connectivity index is 1.30. The van der Waals surface area contributed by atoms with Crippen molar-refractivity contribution in [1.29, 1.82) is 0 Å². The van der Waals surface area contributed by atoms with Crippen LogP contribution in [0.3, 0.4) is 0 Å². The van der Waals surface area contributed by atoms with Crippen molar-refractivity contribution < 1.29 is 0 Å². The van der Waals surface area contributed by atoms with Crippen molar-refractivity contribution >= 4 is 0 Å². The zero-order valence-corrected chi connectivity index (χ0v) is 22.9. The van der Waals surface area contributed by atoms with Gasteiger partial charge >= 0.3 is 0 Å². The van der Waals surface area contributed by atoms with Gasteiger partial charge in [-0.2, -0.15) is 0 Å². The summed E-state index contributed by atoms with van der Waals surface area (Å²) in [4.78, 5) is 9.39. The Morgan fingerprint density at radius 2 is 1.11 bits per heavy atom. The monoisotopic (exact) mass is 476 g/mol. The SMILES string of the molecule is CCCCCCCCC[C@H]1CC[C@H](CCc2cnc(-c3ccc(CCCCCC)cc3)nc2)CC1. The van der Waals surface area contributed by atoms with Gasteiger partial charge in [-0.15, -0.1) is 0 Å². The molecule has 35 heavy (non-hydrogen) atoms. The van der Waals surface area contributed by atoms with Crippen molar-refractivity contribution in [3.63, 3.8) is 0 Å². The van der Waals surface area contributed by atoms with E-state index in [1.165, 1.54) is 127 Å². The highest BCUT2D eigenvalue weighted by atomic mass is 14.9. The van der Waals surface area contributed by atoms with E-state index < -0.39 is 0 Å². The minimum absolute atomic E-state index is 0.858. The van der Waals surface area contributed by atoms with Crippen LogP contribution in [0.2, 0.25) is 0 Å². The molecule has 0 atom stereocenters. The van der Waals surface area contributed by atoms with Gasteiger partial charge in [-0.3, -0.25) is 0 Å². The van der Waals surface area contributed by atoms with E-state index in [0.29, 0.717) is 0 Å². The summed E-state index contributed by atoms with van der Waals surface area (Å²) >= 11 is 0. The van der Waals surface area contributed by atoms with Crippen LogP contribution in [-0.2, 0) is 12.8 Å². The Morgan fingerprint density at radius 1 is 0.571 bits per heavy atom. The largest absolute Gasteiger partial charge is 0.236 e. The predicted molar refractivity (Wildman–Crippen MR) is 152 cm³/mol. The second-order valence-electron chi connectivity index (χ2n) is 11.3. The summed E-state index contributed by atoms with van der Waals surface area (Å²) in [5.41, 5.74) is 3.86. The van der Waals surface area contributed by atoms with Crippen molar-refractivity contribution in [2.75, 3.05) is 0 Å². The third-order valence-corrected chi connectivity index (χ3v) is 8.26. The molecule has 1 heterocycles. The zero-order chi connectivity index (χ0) is 24.6. The fraction of sp³-hybridized carbons (Fsp3) is 0.697. The minimum atomic E-state index is 0.858. The highest BCUT2D eigenvalue weighted by molar-refractivity contribution is 5.55. The molecule has 1 saturated carbocycles. The van der Waals surface area contributed by atoms with Gasteiger partial charge in [-0.05, 0) is 48.6 Å². The molecule has 1 aliphatic carbocycles. The molecule has 0 unspecified atom stereocenters. The molecule has 2 aromatic rings. The van der Waals surface area contributed by atoms with E-state index in [1.807, 2.05) is 0 Å². The van der Waals surface area contributed by atoms with Gasteiger partial charge in [-0.25, -0.2) is 9.97 Å². The van der Waals surface area contributed by atoms with E-state index in [0.717, 1.165) is 29.6 Å². The van der Waals surface area contributed by atoms with Gasteiger partial charge in [0.15, 0.2) is 5.82 Å². The standard InChI is InChI=1S/C33H52N2/c1-3-5-7-9-10-11-13-15-28-16-18-30(19-17-28)20-21-31-26-34-33(35-27-31)32-24-22-29(23-25-32)14-12-8-6-4-2/h22-28,30H,3-21H2,1-2H3/t28-,30-. The van der Waals surface area contributed by atoms with E-state index in [1.54, 1.807) is 0 Å².